The van der Waals surface area contributed by atoms with Crippen molar-refractivity contribution in [3.63, 3.8) is 0 Å². The van der Waals surface area contributed by atoms with E-state index in [2.05, 4.69) is 25.3 Å². The Balaban J connectivity index is 1.79. The lowest BCUT2D eigenvalue weighted by atomic mass is 9.96. The van der Waals surface area contributed by atoms with Gasteiger partial charge in [-0.2, -0.15) is 0 Å². The molecule has 3 heterocycles. The maximum absolute atomic E-state index is 11.3. The van der Waals surface area contributed by atoms with Crippen LogP contribution in [-0.4, -0.2) is 43.8 Å². The van der Waals surface area contributed by atoms with Crippen molar-refractivity contribution in [3.8, 4) is 0 Å². The number of nitrogens with one attached hydrogen (secondary N) is 1. The van der Waals surface area contributed by atoms with Gasteiger partial charge in [0, 0.05) is 43.4 Å². The topological polar surface area (TPSA) is 83.9 Å². The minimum absolute atomic E-state index is 0.106. The van der Waals surface area contributed by atoms with Crippen molar-refractivity contribution in [3.05, 3.63) is 35.0 Å². The molecule has 0 spiro atoms. The lowest BCUT2D eigenvalue weighted by Gasteiger charge is -2.38. The van der Waals surface area contributed by atoms with E-state index < -0.39 is 0 Å². The lowest BCUT2D eigenvalue weighted by molar-refractivity contribution is -0.133. The predicted octanol–water partition coefficient (Wildman–Crippen LogP) is 1.88. The molecule has 1 amide bonds. The zero-order valence-corrected chi connectivity index (χ0v) is 13.8. The first-order chi connectivity index (χ1) is 10.9. The quantitative estimate of drug-likeness (QED) is 0.931. The fourth-order valence-electron chi connectivity index (χ4n) is 2.68. The van der Waals surface area contributed by atoms with E-state index in [0.717, 1.165) is 17.1 Å². The smallest absolute Gasteiger partial charge is 0.228 e. The number of carbonyl (C=O) groups is 1. The Morgan fingerprint density at radius 3 is 2.35 bits per heavy atom. The first-order valence-corrected chi connectivity index (χ1v) is 7.61. The van der Waals surface area contributed by atoms with Crippen molar-refractivity contribution in [1.82, 2.24) is 24.8 Å². The molecule has 0 bridgehead atoms. The number of aromatic nitrogens is 4. The van der Waals surface area contributed by atoms with Crippen molar-refractivity contribution in [2.24, 2.45) is 0 Å². The monoisotopic (exact) mass is 312 g/mol. The summed E-state index contributed by atoms with van der Waals surface area (Å²) in [4.78, 5) is 30.7. The molecule has 1 N–H and O–H groups in total. The van der Waals surface area contributed by atoms with E-state index in [1.165, 1.54) is 0 Å². The fourth-order valence-corrected chi connectivity index (χ4v) is 2.68. The zero-order chi connectivity index (χ0) is 16.6. The van der Waals surface area contributed by atoms with E-state index in [1.54, 1.807) is 6.92 Å². The van der Waals surface area contributed by atoms with Crippen LogP contribution in [0.15, 0.2) is 12.1 Å². The Labute approximate surface area is 135 Å². The molecule has 120 valence electrons. The summed E-state index contributed by atoms with van der Waals surface area (Å²) in [6, 6.07) is 3.84. The van der Waals surface area contributed by atoms with Gasteiger partial charge in [-0.3, -0.25) is 4.79 Å². The normalized spacial score (nSPS) is 14.5. The van der Waals surface area contributed by atoms with Gasteiger partial charge in [-0.15, -0.1) is 0 Å². The molecule has 1 aliphatic heterocycles. The number of carbonyl (C=O) groups excluding carboxylic acids is 1. The van der Waals surface area contributed by atoms with Crippen molar-refractivity contribution in [2.45, 2.75) is 33.6 Å². The Morgan fingerprint density at radius 1 is 1.09 bits per heavy atom. The molecule has 3 rings (SSSR count). The van der Waals surface area contributed by atoms with Gasteiger partial charge in [0.25, 0.3) is 0 Å². The fraction of sp³-hybridized carbons (Fsp3) is 0.438. The molecule has 0 saturated carbocycles. The Kier molecular flexibility index (Phi) is 3.94. The number of aryl methyl sites for hydroxylation is 3. The average molecular weight is 312 g/mol. The molecule has 0 aliphatic carbocycles. The van der Waals surface area contributed by atoms with Crippen LogP contribution in [0, 0.1) is 20.8 Å². The molecule has 2 aromatic heterocycles. The van der Waals surface area contributed by atoms with E-state index >= 15 is 0 Å². The van der Waals surface area contributed by atoms with E-state index in [0.29, 0.717) is 30.7 Å². The van der Waals surface area contributed by atoms with Gasteiger partial charge in [-0.05, 0) is 26.8 Å². The number of rotatable bonds is 3. The highest BCUT2D eigenvalue weighted by Gasteiger charge is 2.31. The van der Waals surface area contributed by atoms with E-state index in [-0.39, 0.29) is 11.8 Å². The molecule has 2 aromatic rings. The second-order valence-corrected chi connectivity index (χ2v) is 5.95. The third-order valence-corrected chi connectivity index (χ3v) is 3.83. The summed E-state index contributed by atoms with van der Waals surface area (Å²) in [6.07, 6.45) is 0. The SMILES string of the molecule is CC(=O)N1CC(c2cc(Nc3nc(C)cc(C)n3)nc(C)n2)C1. The maximum atomic E-state index is 11.3. The maximum Gasteiger partial charge on any atom is 0.228 e. The number of amides is 1. The predicted molar refractivity (Wildman–Crippen MR) is 86.6 cm³/mol. The number of hydrogen-bond acceptors (Lipinski definition) is 6. The molecule has 1 fully saturated rings. The summed E-state index contributed by atoms with van der Waals surface area (Å²) in [7, 11) is 0. The van der Waals surface area contributed by atoms with Crippen LogP contribution in [0.4, 0.5) is 11.8 Å². The molecular weight excluding hydrogens is 292 g/mol. The minimum atomic E-state index is 0.106. The molecule has 0 aromatic carbocycles. The van der Waals surface area contributed by atoms with E-state index in [1.807, 2.05) is 37.8 Å². The lowest BCUT2D eigenvalue weighted by Crippen LogP contribution is -2.47. The van der Waals surface area contributed by atoms with Gasteiger partial charge in [0.05, 0.1) is 5.69 Å². The van der Waals surface area contributed by atoms with Crippen molar-refractivity contribution in [1.29, 1.82) is 0 Å². The first-order valence-electron chi connectivity index (χ1n) is 7.61. The highest BCUT2D eigenvalue weighted by molar-refractivity contribution is 5.74. The molecule has 0 atom stereocenters. The second-order valence-electron chi connectivity index (χ2n) is 5.95. The summed E-state index contributed by atoms with van der Waals surface area (Å²) in [5, 5.41) is 3.15. The van der Waals surface area contributed by atoms with Gasteiger partial charge in [0.15, 0.2) is 0 Å². The first kappa shape index (κ1) is 15.3. The highest BCUT2D eigenvalue weighted by atomic mass is 16.2. The van der Waals surface area contributed by atoms with E-state index in [4.69, 9.17) is 0 Å². The van der Waals surface area contributed by atoms with Gasteiger partial charge in [0.1, 0.15) is 11.6 Å². The van der Waals surface area contributed by atoms with Gasteiger partial charge >= 0.3 is 0 Å². The number of anilines is 2. The molecule has 1 aliphatic rings. The average Bonchev–Trinajstić information content (AvgIpc) is 2.33. The largest absolute Gasteiger partial charge is 0.341 e. The standard InChI is InChI=1S/C16H20N6O/c1-9-5-10(2)18-16(17-9)21-15-6-14(19-11(3)20-15)13-7-22(8-13)12(4)23/h5-6,13H,7-8H2,1-4H3,(H,17,18,19,20,21). The van der Waals surface area contributed by atoms with Crippen LogP contribution in [0.3, 0.4) is 0 Å². The molecule has 23 heavy (non-hydrogen) atoms. The summed E-state index contributed by atoms with van der Waals surface area (Å²) in [6.45, 7) is 8.74. The Hall–Kier alpha value is -2.57. The summed E-state index contributed by atoms with van der Waals surface area (Å²) in [5.74, 6) is 2.27. The van der Waals surface area contributed by atoms with Crippen LogP contribution in [0.2, 0.25) is 0 Å². The third kappa shape index (κ3) is 3.44. The zero-order valence-electron chi connectivity index (χ0n) is 13.8. The molecule has 1 saturated heterocycles. The van der Waals surface area contributed by atoms with Crippen molar-refractivity contribution in [2.75, 3.05) is 18.4 Å². The number of nitrogens with zero attached hydrogens (tertiary/aromatic N) is 5. The Morgan fingerprint density at radius 2 is 1.74 bits per heavy atom. The van der Waals surface area contributed by atoms with Gasteiger partial charge in [-0.1, -0.05) is 0 Å². The van der Waals surface area contributed by atoms with Crippen LogP contribution in [0.25, 0.3) is 0 Å². The van der Waals surface area contributed by atoms with Gasteiger partial charge < -0.3 is 10.2 Å². The van der Waals surface area contributed by atoms with Crippen LogP contribution in [0.5, 0.6) is 0 Å². The molecule has 0 radical (unpaired) electrons. The van der Waals surface area contributed by atoms with Crippen LogP contribution in [-0.2, 0) is 4.79 Å². The second kappa shape index (κ2) is 5.91. The third-order valence-electron chi connectivity index (χ3n) is 3.83. The molecular formula is C16H20N6O. The summed E-state index contributed by atoms with van der Waals surface area (Å²) in [5.41, 5.74) is 2.76. The van der Waals surface area contributed by atoms with Gasteiger partial charge in [0.2, 0.25) is 11.9 Å². The number of hydrogen-bond donors (Lipinski definition) is 1. The van der Waals surface area contributed by atoms with Crippen LogP contribution in [0.1, 0.15) is 35.7 Å². The summed E-state index contributed by atoms with van der Waals surface area (Å²) < 4.78 is 0. The highest BCUT2D eigenvalue weighted by Crippen LogP contribution is 2.27. The van der Waals surface area contributed by atoms with Crippen LogP contribution < -0.4 is 5.32 Å². The molecule has 7 heteroatoms. The Bertz CT molecular complexity index is 734. The van der Waals surface area contributed by atoms with Crippen molar-refractivity contribution < 1.29 is 4.79 Å². The minimum Gasteiger partial charge on any atom is -0.341 e. The van der Waals surface area contributed by atoms with Crippen LogP contribution >= 0.6 is 0 Å². The van der Waals surface area contributed by atoms with E-state index in [9.17, 15) is 4.79 Å². The number of likely N-dealkylation sites (tertiary alicyclic amines) is 1. The summed E-state index contributed by atoms with van der Waals surface area (Å²) >= 11 is 0. The van der Waals surface area contributed by atoms with Gasteiger partial charge in [-0.25, -0.2) is 19.9 Å². The molecule has 7 nitrogen and oxygen atoms in total. The van der Waals surface area contributed by atoms with Crippen molar-refractivity contribution >= 4 is 17.7 Å². The molecule has 0 unspecified atom stereocenters.